The minimum Gasteiger partial charge on any atom is -0.488 e. The third-order valence-electron chi connectivity index (χ3n) is 3.48. The van der Waals surface area contributed by atoms with Crippen molar-refractivity contribution in [1.82, 2.24) is 0 Å². The largest absolute Gasteiger partial charge is 0.488 e. The second kappa shape index (κ2) is 5.35. The van der Waals surface area contributed by atoms with Gasteiger partial charge in [0.25, 0.3) is 0 Å². The number of nitrogen functional groups attached to an aromatic ring is 1. The van der Waals surface area contributed by atoms with Crippen LogP contribution in [0.3, 0.4) is 0 Å². The van der Waals surface area contributed by atoms with E-state index in [2.05, 4.69) is 13.8 Å². The minimum atomic E-state index is -0.488. The molecule has 1 aliphatic rings. The Morgan fingerprint density at radius 3 is 2.44 bits per heavy atom. The molecule has 0 heterocycles. The summed E-state index contributed by atoms with van der Waals surface area (Å²) in [5.74, 6) is 1.19. The zero-order valence-corrected chi connectivity index (χ0v) is 11.5. The van der Waals surface area contributed by atoms with Gasteiger partial charge in [-0.15, -0.1) is 0 Å². The zero-order valence-electron chi connectivity index (χ0n) is 10.7. The highest BCUT2D eigenvalue weighted by atomic mass is 35.5. The smallest absolute Gasteiger partial charge is 0.145 e. The molecule has 4 heteroatoms. The number of nitrogens with two attached hydrogens (primary N) is 1. The lowest BCUT2D eigenvalue weighted by atomic mass is 9.82. The minimum absolute atomic E-state index is 0.0326. The van der Waals surface area contributed by atoms with Crippen molar-refractivity contribution < 1.29 is 9.13 Å². The molecular weight excluding hydrogens is 253 g/mol. The third kappa shape index (κ3) is 3.08. The molecule has 100 valence electrons. The van der Waals surface area contributed by atoms with Crippen molar-refractivity contribution in [3.05, 3.63) is 23.0 Å². The summed E-state index contributed by atoms with van der Waals surface area (Å²) in [6.45, 7) is 4.44. The highest BCUT2D eigenvalue weighted by Crippen LogP contribution is 2.34. The quantitative estimate of drug-likeness (QED) is 0.816. The van der Waals surface area contributed by atoms with Crippen molar-refractivity contribution >= 4 is 17.3 Å². The van der Waals surface area contributed by atoms with Crippen LogP contribution in [0.25, 0.3) is 0 Å². The second-order valence-electron chi connectivity index (χ2n) is 5.46. The van der Waals surface area contributed by atoms with Gasteiger partial charge in [0.1, 0.15) is 11.6 Å². The van der Waals surface area contributed by atoms with Gasteiger partial charge in [-0.3, -0.25) is 0 Å². The van der Waals surface area contributed by atoms with Crippen LogP contribution in [0.1, 0.15) is 33.1 Å². The Morgan fingerprint density at radius 2 is 1.83 bits per heavy atom. The van der Waals surface area contributed by atoms with Gasteiger partial charge in [-0.1, -0.05) is 25.4 Å². The first-order valence-corrected chi connectivity index (χ1v) is 6.74. The Bertz CT molecular complexity index is 428. The van der Waals surface area contributed by atoms with Gasteiger partial charge in [0.2, 0.25) is 0 Å². The van der Waals surface area contributed by atoms with Gasteiger partial charge in [0.05, 0.1) is 16.8 Å². The van der Waals surface area contributed by atoms with E-state index in [9.17, 15) is 4.39 Å². The first-order chi connectivity index (χ1) is 8.45. The van der Waals surface area contributed by atoms with E-state index in [1.54, 1.807) is 0 Å². The SMILES string of the molecule is CC1CC(C)CC(Oc2cc(F)c(Cl)cc2N)C1. The molecule has 1 aliphatic carbocycles. The number of ether oxygens (including phenoxy) is 1. The van der Waals surface area contributed by atoms with Crippen LogP contribution in [0.5, 0.6) is 5.75 Å². The van der Waals surface area contributed by atoms with Crippen LogP contribution in [0, 0.1) is 17.7 Å². The molecule has 0 aromatic heterocycles. The molecule has 1 saturated carbocycles. The zero-order chi connectivity index (χ0) is 13.3. The predicted molar refractivity (Wildman–Crippen MR) is 72.4 cm³/mol. The number of rotatable bonds is 2. The molecule has 2 rings (SSSR count). The van der Waals surface area contributed by atoms with Gasteiger partial charge in [-0.2, -0.15) is 0 Å². The molecule has 2 nitrogen and oxygen atoms in total. The molecule has 2 N–H and O–H groups in total. The first kappa shape index (κ1) is 13.5. The highest BCUT2D eigenvalue weighted by molar-refractivity contribution is 6.31. The molecule has 2 unspecified atom stereocenters. The molecule has 0 spiro atoms. The average molecular weight is 272 g/mol. The standard InChI is InChI=1S/C14H19ClFNO/c1-8-3-9(2)5-10(4-8)18-14-7-12(16)11(15)6-13(14)17/h6-10H,3-5,17H2,1-2H3. The summed E-state index contributed by atoms with van der Waals surface area (Å²) in [4.78, 5) is 0. The summed E-state index contributed by atoms with van der Waals surface area (Å²) in [6, 6.07) is 2.68. The van der Waals surface area contributed by atoms with Crippen LogP contribution in [0.15, 0.2) is 12.1 Å². The fourth-order valence-electron chi connectivity index (χ4n) is 2.79. The van der Waals surface area contributed by atoms with Crippen LogP contribution < -0.4 is 10.5 Å². The number of hydrogen-bond donors (Lipinski definition) is 1. The second-order valence-corrected chi connectivity index (χ2v) is 5.87. The van der Waals surface area contributed by atoms with Crippen LogP contribution in [0.4, 0.5) is 10.1 Å². The summed E-state index contributed by atoms with van der Waals surface area (Å²) in [7, 11) is 0. The summed E-state index contributed by atoms with van der Waals surface area (Å²) in [5, 5.41) is 0.0326. The van der Waals surface area contributed by atoms with Crippen LogP contribution in [-0.2, 0) is 0 Å². The molecule has 0 aliphatic heterocycles. The van der Waals surface area contributed by atoms with Gasteiger partial charge in [-0.25, -0.2) is 4.39 Å². The Morgan fingerprint density at radius 1 is 1.22 bits per heavy atom. The fraction of sp³-hybridized carbons (Fsp3) is 0.571. The van der Waals surface area contributed by atoms with Gasteiger partial charge >= 0.3 is 0 Å². The van der Waals surface area contributed by atoms with E-state index < -0.39 is 5.82 Å². The molecule has 0 saturated heterocycles. The number of anilines is 1. The number of benzene rings is 1. The number of halogens is 2. The molecule has 1 aromatic carbocycles. The van der Waals surface area contributed by atoms with Crippen molar-refractivity contribution in [2.75, 3.05) is 5.73 Å². The van der Waals surface area contributed by atoms with Crippen molar-refractivity contribution in [3.8, 4) is 5.75 Å². The lowest BCUT2D eigenvalue weighted by Crippen LogP contribution is -2.28. The van der Waals surface area contributed by atoms with Gasteiger partial charge in [-0.05, 0) is 37.2 Å². The van der Waals surface area contributed by atoms with E-state index in [4.69, 9.17) is 22.1 Å². The van der Waals surface area contributed by atoms with Crippen molar-refractivity contribution in [3.63, 3.8) is 0 Å². The van der Waals surface area contributed by atoms with Crippen molar-refractivity contribution in [1.29, 1.82) is 0 Å². The van der Waals surface area contributed by atoms with Crippen molar-refractivity contribution in [2.24, 2.45) is 11.8 Å². The number of hydrogen-bond acceptors (Lipinski definition) is 2. The molecule has 18 heavy (non-hydrogen) atoms. The van der Waals surface area contributed by atoms with Crippen LogP contribution in [-0.4, -0.2) is 6.10 Å². The molecule has 1 fully saturated rings. The van der Waals surface area contributed by atoms with Crippen LogP contribution >= 0.6 is 11.6 Å². The van der Waals surface area contributed by atoms with Gasteiger partial charge in [0, 0.05) is 6.07 Å². The molecule has 1 aromatic rings. The Hall–Kier alpha value is -0.960. The molecular formula is C14H19ClFNO. The first-order valence-electron chi connectivity index (χ1n) is 6.37. The van der Waals surface area contributed by atoms with E-state index in [1.807, 2.05) is 0 Å². The molecule has 0 amide bonds. The third-order valence-corrected chi connectivity index (χ3v) is 3.77. The average Bonchev–Trinajstić information content (AvgIpc) is 2.24. The molecule has 0 radical (unpaired) electrons. The summed E-state index contributed by atoms with van der Waals surface area (Å²) < 4.78 is 19.2. The van der Waals surface area contributed by atoms with E-state index in [0.29, 0.717) is 23.3 Å². The monoisotopic (exact) mass is 271 g/mol. The molecule has 0 bridgehead atoms. The topological polar surface area (TPSA) is 35.2 Å². The summed E-state index contributed by atoms with van der Waals surface area (Å²) in [6.07, 6.45) is 3.33. The van der Waals surface area contributed by atoms with E-state index >= 15 is 0 Å². The fourth-order valence-corrected chi connectivity index (χ4v) is 2.97. The van der Waals surface area contributed by atoms with Gasteiger partial charge < -0.3 is 10.5 Å². The van der Waals surface area contributed by atoms with Crippen molar-refractivity contribution in [2.45, 2.75) is 39.2 Å². The lowest BCUT2D eigenvalue weighted by Gasteiger charge is -2.32. The normalized spacial score (nSPS) is 28.1. The Kier molecular flexibility index (Phi) is 4.00. The van der Waals surface area contributed by atoms with Gasteiger partial charge in [0.15, 0.2) is 0 Å². The Labute approximate surface area is 112 Å². The maximum atomic E-state index is 13.4. The summed E-state index contributed by atoms with van der Waals surface area (Å²) >= 11 is 5.66. The maximum Gasteiger partial charge on any atom is 0.145 e. The van der Waals surface area contributed by atoms with E-state index in [1.165, 1.54) is 18.6 Å². The highest BCUT2D eigenvalue weighted by Gasteiger charge is 2.25. The molecule has 2 atom stereocenters. The van der Waals surface area contributed by atoms with E-state index in [0.717, 1.165) is 12.8 Å². The van der Waals surface area contributed by atoms with E-state index in [-0.39, 0.29) is 11.1 Å². The van der Waals surface area contributed by atoms with Crippen LogP contribution in [0.2, 0.25) is 5.02 Å². The summed E-state index contributed by atoms with van der Waals surface area (Å²) in [5.41, 5.74) is 6.20. The Balaban J connectivity index is 2.11. The lowest BCUT2D eigenvalue weighted by molar-refractivity contribution is 0.101. The predicted octanol–water partition coefficient (Wildman–Crippen LogP) is 4.26. The maximum absolute atomic E-state index is 13.4.